The highest BCUT2D eigenvalue weighted by Crippen LogP contribution is 2.38. The number of likely N-dealkylation sites (N-methyl/N-ethyl adjacent to an activating group) is 1. The predicted octanol–water partition coefficient (Wildman–Crippen LogP) is 3.98. The van der Waals surface area contributed by atoms with Gasteiger partial charge in [-0.05, 0) is 71.0 Å². The monoisotopic (exact) mass is 592 g/mol. The lowest BCUT2D eigenvalue weighted by atomic mass is 9.93. The van der Waals surface area contributed by atoms with Gasteiger partial charge in [0.2, 0.25) is 0 Å². The van der Waals surface area contributed by atoms with Crippen molar-refractivity contribution in [3.05, 3.63) is 78.5 Å². The fourth-order valence-electron chi connectivity index (χ4n) is 5.37. The highest BCUT2D eigenvalue weighted by molar-refractivity contribution is 7.07. The molecular formula is C32H40N4O5S. The van der Waals surface area contributed by atoms with Gasteiger partial charge in [0, 0.05) is 49.1 Å². The Kier molecular flexibility index (Phi) is 9.78. The van der Waals surface area contributed by atoms with Gasteiger partial charge in [0.1, 0.15) is 23.3 Å². The number of carbonyl (C=O) groups is 1. The molecule has 0 spiro atoms. The minimum atomic E-state index is -0.756. The molecule has 0 saturated heterocycles. The predicted molar refractivity (Wildman–Crippen MR) is 168 cm³/mol. The fourth-order valence-corrected chi connectivity index (χ4v) is 6.41. The average Bonchev–Trinajstić information content (AvgIpc) is 3.31. The number of nitrogens with zero attached hydrogens (tertiary/aromatic N) is 4. The molecule has 0 saturated carbocycles. The summed E-state index contributed by atoms with van der Waals surface area (Å²) < 4.78 is 19.1. The van der Waals surface area contributed by atoms with Gasteiger partial charge >= 0.3 is 0 Å². The molecule has 0 radical (unpaired) electrons. The number of rotatable bonds is 11. The number of benzene rings is 2. The number of ether oxygens (including phenoxy) is 3. The minimum Gasteiger partial charge on any atom is -0.497 e. The maximum Gasteiger partial charge on any atom is 0.271 e. The first-order valence-corrected chi connectivity index (χ1v) is 15.0. The van der Waals surface area contributed by atoms with Crippen molar-refractivity contribution in [1.29, 1.82) is 0 Å². The third kappa shape index (κ3) is 5.68. The van der Waals surface area contributed by atoms with Gasteiger partial charge in [-0.3, -0.25) is 14.2 Å². The molecule has 0 unspecified atom stereocenters. The van der Waals surface area contributed by atoms with Gasteiger partial charge in [-0.1, -0.05) is 11.3 Å². The molecule has 4 rings (SSSR count). The smallest absolute Gasteiger partial charge is 0.271 e. The quantitative estimate of drug-likeness (QED) is 0.335. The molecule has 0 fully saturated rings. The second-order valence-electron chi connectivity index (χ2n) is 9.77. The van der Waals surface area contributed by atoms with E-state index in [-0.39, 0.29) is 11.5 Å². The van der Waals surface area contributed by atoms with Gasteiger partial charge in [-0.2, -0.15) is 0 Å². The first-order chi connectivity index (χ1) is 20.3. The summed E-state index contributed by atoms with van der Waals surface area (Å²) in [6.45, 7) is 12.7. The average molecular weight is 593 g/mol. The third-order valence-electron chi connectivity index (χ3n) is 7.67. The Hall–Kier alpha value is -4.05. The number of hydrogen-bond acceptors (Lipinski definition) is 8. The first-order valence-electron chi connectivity index (χ1n) is 14.2. The van der Waals surface area contributed by atoms with Crippen molar-refractivity contribution in [2.75, 3.05) is 52.4 Å². The van der Waals surface area contributed by atoms with E-state index in [9.17, 15) is 9.59 Å². The molecule has 1 aromatic heterocycles. The Bertz CT molecular complexity index is 1660. The van der Waals surface area contributed by atoms with Crippen LogP contribution in [0.1, 0.15) is 51.8 Å². The van der Waals surface area contributed by atoms with Crippen LogP contribution in [0.4, 0.5) is 5.69 Å². The van der Waals surface area contributed by atoms with Gasteiger partial charge in [0.25, 0.3) is 11.5 Å². The summed E-state index contributed by atoms with van der Waals surface area (Å²) in [6, 6.07) is 10.6. The minimum absolute atomic E-state index is 0.168. The van der Waals surface area contributed by atoms with E-state index < -0.39 is 6.04 Å². The van der Waals surface area contributed by atoms with E-state index in [1.54, 1.807) is 42.9 Å². The van der Waals surface area contributed by atoms with Crippen molar-refractivity contribution in [3.8, 4) is 17.2 Å². The number of carbonyl (C=O) groups excluding carboxylic acids is 1. The van der Waals surface area contributed by atoms with Crippen molar-refractivity contribution < 1.29 is 19.0 Å². The molecule has 0 bridgehead atoms. The molecule has 3 aromatic rings. The summed E-state index contributed by atoms with van der Waals surface area (Å²) in [5, 5.41) is 0. The van der Waals surface area contributed by atoms with Gasteiger partial charge in [-0.15, -0.1) is 0 Å². The second-order valence-corrected chi connectivity index (χ2v) is 10.8. The van der Waals surface area contributed by atoms with E-state index in [1.165, 1.54) is 11.3 Å². The molecule has 224 valence electrons. The lowest BCUT2D eigenvalue weighted by molar-refractivity contribution is -0.127. The Morgan fingerprint density at radius 3 is 2.24 bits per heavy atom. The lowest BCUT2D eigenvalue weighted by Crippen LogP contribution is -2.43. The van der Waals surface area contributed by atoms with Crippen LogP contribution in [0.5, 0.6) is 17.2 Å². The van der Waals surface area contributed by atoms with E-state index in [0.29, 0.717) is 56.5 Å². The molecule has 2 heterocycles. The van der Waals surface area contributed by atoms with E-state index in [2.05, 4.69) is 18.7 Å². The Morgan fingerprint density at radius 2 is 1.64 bits per heavy atom. The van der Waals surface area contributed by atoms with Crippen molar-refractivity contribution in [2.24, 2.45) is 4.99 Å². The molecular weight excluding hydrogens is 552 g/mol. The van der Waals surface area contributed by atoms with Crippen molar-refractivity contribution in [2.45, 2.75) is 40.7 Å². The zero-order valence-corrected chi connectivity index (χ0v) is 26.5. The number of methoxy groups -OCH3 is 3. The maximum atomic E-state index is 14.2. The first kappa shape index (κ1) is 30.9. The molecule has 1 amide bonds. The van der Waals surface area contributed by atoms with E-state index in [1.807, 2.05) is 51.1 Å². The summed E-state index contributed by atoms with van der Waals surface area (Å²) in [7, 11) is 4.79. The SMILES string of the molecule is CCN(CC)C(=O)C1=C(C)N=c2s/c(=C/c3ccc(N(CC)CC)cc3OC)c(=O)n2[C@@H]1c1cc(OC)ccc1OC. The number of amides is 1. The van der Waals surface area contributed by atoms with E-state index >= 15 is 0 Å². The van der Waals surface area contributed by atoms with Gasteiger partial charge < -0.3 is 24.0 Å². The summed E-state index contributed by atoms with van der Waals surface area (Å²) in [5.41, 5.74) is 3.23. The fraction of sp³-hybridized carbons (Fsp3) is 0.406. The van der Waals surface area contributed by atoms with Crippen LogP contribution in [0.15, 0.2) is 57.5 Å². The third-order valence-corrected chi connectivity index (χ3v) is 8.65. The number of hydrogen-bond donors (Lipinski definition) is 0. The molecule has 10 heteroatoms. The maximum absolute atomic E-state index is 14.2. The highest BCUT2D eigenvalue weighted by atomic mass is 32.1. The number of thiazole rings is 1. The van der Waals surface area contributed by atoms with Gasteiger partial charge in [0.05, 0.1) is 37.1 Å². The molecule has 42 heavy (non-hydrogen) atoms. The molecule has 1 aliphatic rings. The zero-order chi connectivity index (χ0) is 30.6. The molecule has 9 nitrogen and oxygen atoms in total. The van der Waals surface area contributed by atoms with Crippen LogP contribution < -0.4 is 34.0 Å². The number of aromatic nitrogens is 1. The van der Waals surface area contributed by atoms with Crippen molar-refractivity contribution >= 4 is 29.0 Å². The summed E-state index contributed by atoms with van der Waals surface area (Å²) >= 11 is 1.29. The van der Waals surface area contributed by atoms with Crippen LogP contribution in [-0.4, -0.2) is 62.9 Å². The van der Waals surface area contributed by atoms with Gasteiger partial charge in [0.15, 0.2) is 4.80 Å². The van der Waals surface area contributed by atoms with Crippen LogP contribution in [0.3, 0.4) is 0 Å². The van der Waals surface area contributed by atoms with Crippen LogP contribution in [-0.2, 0) is 4.79 Å². The van der Waals surface area contributed by atoms with E-state index in [0.717, 1.165) is 24.3 Å². The lowest BCUT2D eigenvalue weighted by Gasteiger charge is -2.30. The topological polar surface area (TPSA) is 85.6 Å². The van der Waals surface area contributed by atoms with Crippen LogP contribution in [0, 0.1) is 0 Å². The van der Waals surface area contributed by atoms with Crippen molar-refractivity contribution in [1.82, 2.24) is 9.47 Å². The van der Waals surface area contributed by atoms with Crippen molar-refractivity contribution in [3.63, 3.8) is 0 Å². The van der Waals surface area contributed by atoms with Crippen LogP contribution >= 0.6 is 11.3 Å². The molecule has 1 aliphatic heterocycles. The standard InChI is InChI=1S/C32H40N4O5S/c1-9-34(10-2)22-14-13-21(26(18-22)41-8)17-27-30(37)36-29(24-19-23(39-6)15-16-25(24)40-7)28(20(5)33-32(36)42-27)31(38)35(11-3)12-4/h13-19,29H,9-12H2,1-8H3/b27-17+/t29-/m1/s1. The van der Waals surface area contributed by atoms with Crippen LogP contribution in [0.2, 0.25) is 0 Å². The molecule has 0 N–H and O–H groups in total. The Balaban J connectivity index is 1.98. The summed E-state index contributed by atoms with van der Waals surface area (Å²) in [4.78, 5) is 37.4. The largest absolute Gasteiger partial charge is 0.497 e. The Morgan fingerprint density at radius 1 is 0.952 bits per heavy atom. The molecule has 1 atom stereocenters. The second kappa shape index (κ2) is 13.3. The summed E-state index contributed by atoms with van der Waals surface area (Å²) in [6.07, 6.45) is 1.83. The number of allylic oxidation sites excluding steroid dienone is 1. The molecule has 2 aromatic carbocycles. The number of anilines is 1. The van der Waals surface area contributed by atoms with Crippen LogP contribution in [0.25, 0.3) is 6.08 Å². The normalized spacial score (nSPS) is 14.8. The molecule has 0 aliphatic carbocycles. The Labute approximate surface area is 251 Å². The summed E-state index contributed by atoms with van der Waals surface area (Å²) in [5.74, 6) is 1.64. The zero-order valence-electron chi connectivity index (χ0n) is 25.7. The van der Waals surface area contributed by atoms with E-state index in [4.69, 9.17) is 19.2 Å². The number of fused-ring (bicyclic) bond motifs is 1. The highest BCUT2D eigenvalue weighted by Gasteiger charge is 2.36. The van der Waals surface area contributed by atoms with Gasteiger partial charge in [-0.25, -0.2) is 4.99 Å².